The van der Waals surface area contributed by atoms with E-state index in [1.54, 1.807) is 6.20 Å². The van der Waals surface area contributed by atoms with Crippen molar-refractivity contribution in [1.82, 2.24) is 14.8 Å². The summed E-state index contributed by atoms with van der Waals surface area (Å²) in [4.78, 5) is 4.23. The highest BCUT2D eigenvalue weighted by atomic mass is 32.2. The summed E-state index contributed by atoms with van der Waals surface area (Å²) in [6.45, 7) is 0.643. The standard InChI is InChI=1S/C19H21N5O3S/c20-19-15-3-1-2-13(15)4-5-16(19)14-6-8-22-17(12-14)27-11-10-24-9-7-18(23-24)28(21,25)26/h4-9,12H,1-3,10-11,20H2,(H2,21,25,26). The summed E-state index contributed by atoms with van der Waals surface area (Å²) in [6, 6.07) is 9.31. The van der Waals surface area contributed by atoms with Crippen molar-refractivity contribution in [3.8, 4) is 17.0 Å². The largest absolute Gasteiger partial charge is 0.476 e. The van der Waals surface area contributed by atoms with Crippen molar-refractivity contribution in [2.75, 3.05) is 12.3 Å². The van der Waals surface area contributed by atoms with Gasteiger partial charge in [-0.15, -0.1) is 0 Å². The molecule has 146 valence electrons. The van der Waals surface area contributed by atoms with Gasteiger partial charge in [-0.2, -0.15) is 5.10 Å². The molecule has 8 nitrogen and oxygen atoms in total. The molecule has 0 amide bonds. The van der Waals surface area contributed by atoms with Crippen molar-refractivity contribution in [3.05, 3.63) is 53.9 Å². The van der Waals surface area contributed by atoms with Gasteiger partial charge < -0.3 is 10.5 Å². The van der Waals surface area contributed by atoms with Gasteiger partial charge in [0.15, 0.2) is 5.03 Å². The van der Waals surface area contributed by atoms with E-state index in [0.29, 0.717) is 12.4 Å². The number of benzene rings is 1. The van der Waals surface area contributed by atoms with Crippen LogP contribution in [-0.4, -0.2) is 29.8 Å². The summed E-state index contributed by atoms with van der Waals surface area (Å²) in [5.41, 5.74) is 11.8. The van der Waals surface area contributed by atoms with Crippen LogP contribution in [0.5, 0.6) is 5.88 Å². The maximum absolute atomic E-state index is 11.3. The van der Waals surface area contributed by atoms with Crippen LogP contribution in [0.3, 0.4) is 0 Å². The van der Waals surface area contributed by atoms with E-state index in [9.17, 15) is 8.42 Å². The lowest BCUT2D eigenvalue weighted by Crippen LogP contribution is -2.15. The van der Waals surface area contributed by atoms with Gasteiger partial charge in [-0.25, -0.2) is 18.5 Å². The fourth-order valence-corrected chi connectivity index (χ4v) is 3.93. The maximum Gasteiger partial charge on any atom is 0.257 e. The molecule has 0 aliphatic heterocycles. The van der Waals surface area contributed by atoms with Crippen molar-refractivity contribution in [2.45, 2.75) is 30.8 Å². The van der Waals surface area contributed by atoms with E-state index in [0.717, 1.165) is 36.1 Å². The second-order valence-electron chi connectivity index (χ2n) is 6.71. The predicted molar refractivity (Wildman–Crippen MR) is 105 cm³/mol. The Labute approximate surface area is 163 Å². The number of hydrogen-bond acceptors (Lipinski definition) is 6. The highest BCUT2D eigenvalue weighted by Gasteiger charge is 2.17. The number of nitrogens with zero attached hydrogens (tertiary/aromatic N) is 3. The van der Waals surface area contributed by atoms with Crippen LogP contribution in [0.2, 0.25) is 0 Å². The summed E-state index contributed by atoms with van der Waals surface area (Å²) < 4.78 is 29.7. The molecule has 3 aromatic rings. The number of aryl methyl sites for hydroxylation is 1. The van der Waals surface area contributed by atoms with Gasteiger partial charge in [0.1, 0.15) is 6.61 Å². The Bertz CT molecular complexity index is 1120. The molecule has 0 fully saturated rings. The van der Waals surface area contributed by atoms with Crippen LogP contribution in [0.25, 0.3) is 11.1 Å². The molecule has 0 saturated heterocycles. The average molecular weight is 399 g/mol. The van der Waals surface area contributed by atoms with Crippen LogP contribution in [-0.2, 0) is 29.4 Å². The number of anilines is 1. The van der Waals surface area contributed by atoms with Crippen LogP contribution in [0.15, 0.2) is 47.8 Å². The topological polar surface area (TPSA) is 126 Å². The summed E-state index contributed by atoms with van der Waals surface area (Å²) in [5.74, 6) is 0.469. The monoisotopic (exact) mass is 399 g/mol. The Morgan fingerprint density at radius 2 is 2.04 bits per heavy atom. The van der Waals surface area contributed by atoms with Crippen LogP contribution in [0.4, 0.5) is 5.69 Å². The van der Waals surface area contributed by atoms with E-state index in [-0.39, 0.29) is 11.6 Å². The lowest BCUT2D eigenvalue weighted by atomic mass is 9.98. The zero-order chi connectivity index (χ0) is 19.7. The van der Waals surface area contributed by atoms with Crippen LogP contribution in [0, 0.1) is 0 Å². The minimum Gasteiger partial charge on any atom is -0.476 e. The number of sulfonamides is 1. The van der Waals surface area contributed by atoms with Gasteiger partial charge in [0.2, 0.25) is 5.88 Å². The Hall–Kier alpha value is -2.91. The van der Waals surface area contributed by atoms with Crippen molar-refractivity contribution in [1.29, 1.82) is 0 Å². The molecule has 28 heavy (non-hydrogen) atoms. The highest BCUT2D eigenvalue weighted by molar-refractivity contribution is 7.89. The number of ether oxygens (including phenoxy) is 1. The second-order valence-corrected chi connectivity index (χ2v) is 8.22. The number of pyridine rings is 1. The first-order valence-electron chi connectivity index (χ1n) is 8.97. The van der Waals surface area contributed by atoms with Crippen LogP contribution in [0.1, 0.15) is 17.5 Å². The molecular formula is C19H21N5O3S. The van der Waals surface area contributed by atoms with Gasteiger partial charge >= 0.3 is 0 Å². The third-order valence-electron chi connectivity index (χ3n) is 4.85. The number of rotatable bonds is 6. The van der Waals surface area contributed by atoms with Gasteiger partial charge in [0.05, 0.1) is 6.54 Å². The van der Waals surface area contributed by atoms with Crippen molar-refractivity contribution >= 4 is 15.7 Å². The molecule has 0 bridgehead atoms. The number of hydrogen-bond donors (Lipinski definition) is 2. The zero-order valence-corrected chi connectivity index (χ0v) is 16.0. The first kappa shape index (κ1) is 18.5. The first-order valence-corrected chi connectivity index (χ1v) is 10.5. The lowest BCUT2D eigenvalue weighted by Gasteiger charge is -2.12. The third kappa shape index (κ3) is 3.71. The molecule has 0 atom stereocenters. The predicted octanol–water partition coefficient (Wildman–Crippen LogP) is 1.74. The zero-order valence-electron chi connectivity index (χ0n) is 15.2. The molecule has 0 unspecified atom stereocenters. The minimum absolute atomic E-state index is 0.167. The molecule has 0 radical (unpaired) electrons. The molecule has 0 spiro atoms. The number of nitrogens with two attached hydrogens (primary N) is 2. The molecule has 0 saturated carbocycles. The number of primary sulfonamides is 1. The van der Waals surface area contributed by atoms with Crippen LogP contribution >= 0.6 is 0 Å². The normalized spacial score (nSPS) is 13.5. The van der Waals surface area contributed by atoms with Crippen molar-refractivity contribution in [3.63, 3.8) is 0 Å². The van der Waals surface area contributed by atoms with Gasteiger partial charge in [-0.1, -0.05) is 12.1 Å². The first-order chi connectivity index (χ1) is 13.4. The van der Waals surface area contributed by atoms with E-state index in [4.69, 9.17) is 15.6 Å². The number of aromatic nitrogens is 3. The van der Waals surface area contributed by atoms with Gasteiger partial charge in [0, 0.05) is 29.7 Å². The molecule has 2 aromatic heterocycles. The quantitative estimate of drug-likeness (QED) is 0.608. The number of nitrogen functional groups attached to an aromatic ring is 1. The van der Waals surface area contributed by atoms with Gasteiger partial charge in [-0.05, 0) is 48.1 Å². The van der Waals surface area contributed by atoms with E-state index in [1.807, 2.05) is 12.1 Å². The molecule has 1 aliphatic carbocycles. The summed E-state index contributed by atoms with van der Waals surface area (Å²) >= 11 is 0. The Morgan fingerprint density at radius 1 is 1.18 bits per heavy atom. The molecule has 1 aromatic carbocycles. The molecule has 9 heteroatoms. The summed E-state index contributed by atoms with van der Waals surface area (Å²) in [7, 11) is -3.80. The van der Waals surface area contributed by atoms with E-state index in [1.165, 1.54) is 28.1 Å². The molecule has 4 rings (SSSR count). The minimum atomic E-state index is -3.80. The van der Waals surface area contributed by atoms with E-state index in [2.05, 4.69) is 22.2 Å². The molecule has 1 aliphatic rings. The van der Waals surface area contributed by atoms with Crippen LogP contribution < -0.4 is 15.6 Å². The van der Waals surface area contributed by atoms with E-state index < -0.39 is 10.0 Å². The van der Waals surface area contributed by atoms with Crippen molar-refractivity contribution < 1.29 is 13.2 Å². The Kier molecular flexibility index (Phi) is 4.78. The fourth-order valence-electron chi connectivity index (χ4n) is 3.47. The Balaban J connectivity index is 1.45. The van der Waals surface area contributed by atoms with Crippen molar-refractivity contribution in [2.24, 2.45) is 5.14 Å². The highest BCUT2D eigenvalue weighted by Crippen LogP contribution is 2.35. The Morgan fingerprint density at radius 3 is 2.82 bits per heavy atom. The molecular weight excluding hydrogens is 378 g/mol. The SMILES string of the molecule is Nc1c(-c2ccnc(OCCn3ccc(S(N)(=O)=O)n3)c2)ccc2c1CCC2. The number of fused-ring (bicyclic) bond motifs is 1. The average Bonchev–Trinajstić information content (AvgIpc) is 3.31. The molecule has 4 N–H and O–H groups in total. The van der Waals surface area contributed by atoms with Gasteiger partial charge in [-0.3, -0.25) is 4.68 Å². The summed E-state index contributed by atoms with van der Waals surface area (Å²) in [5, 5.41) is 8.80. The van der Waals surface area contributed by atoms with E-state index >= 15 is 0 Å². The maximum atomic E-state index is 11.3. The smallest absolute Gasteiger partial charge is 0.257 e. The molecule has 2 heterocycles. The third-order valence-corrected chi connectivity index (χ3v) is 5.65. The second kappa shape index (κ2) is 7.25. The fraction of sp³-hybridized carbons (Fsp3) is 0.263. The summed E-state index contributed by atoms with van der Waals surface area (Å²) in [6.07, 6.45) is 6.48. The lowest BCUT2D eigenvalue weighted by molar-refractivity contribution is 0.280. The van der Waals surface area contributed by atoms with Gasteiger partial charge in [0.25, 0.3) is 10.0 Å².